The average Bonchev–Trinajstić information content (AvgIpc) is 2.93. The Morgan fingerprint density at radius 3 is 2.55 bits per heavy atom. The molecule has 0 unspecified atom stereocenters. The van der Waals surface area contributed by atoms with Crippen molar-refractivity contribution in [2.45, 2.75) is 50.7 Å². The lowest BCUT2D eigenvalue weighted by Crippen LogP contribution is -2.50. The number of halogens is 4. The largest absolute Gasteiger partial charge is 0.446 e. The van der Waals surface area contributed by atoms with Crippen LogP contribution in [0.15, 0.2) is 41.3 Å². The second-order valence-electron chi connectivity index (χ2n) is 11.1. The third kappa shape index (κ3) is 6.45. The number of anilines is 2. The highest BCUT2D eigenvalue weighted by atomic mass is 19.3. The van der Waals surface area contributed by atoms with E-state index in [-0.39, 0.29) is 12.1 Å². The third-order valence-corrected chi connectivity index (χ3v) is 8.12. The van der Waals surface area contributed by atoms with E-state index in [1.165, 1.54) is 4.90 Å². The molecule has 1 aliphatic carbocycles. The Kier molecular flexibility index (Phi) is 8.31. The van der Waals surface area contributed by atoms with E-state index in [1.54, 1.807) is 12.1 Å². The number of aromatic nitrogens is 1. The molecule has 2 aromatic rings. The second-order valence-corrected chi connectivity index (χ2v) is 11.1. The Balaban J connectivity index is 1.38. The van der Waals surface area contributed by atoms with Gasteiger partial charge in [-0.2, -0.15) is 0 Å². The van der Waals surface area contributed by atoms with Crippen LogP contribution in [0.1, 0.15) is 54.1 Å². The van der Waals surface area contributed by atoms with Gasteiger partial charge in [-0.05, 0) is 44.2 Å². The van der Waals surface area contributed by atoms with Crippen molar-refractivity contribution in [2.24, 2.45) is 0 Å². The van der Waals surface area contributed by atoms with Crippen LogP contribution in [0.3, 0.4) is 0 Å². The van der Waals surface area contributed by atoms with Gasteiger partial charge in [-0.1, -0.05) is 6.08 Å². The van der Waals surface area contributed by atoms with Crippen molar-refractivity contribution in [3.8, 4) is 0 Å². The quantitative estimate of drug-likeness (QED) is 0.472. The minimum atomic E-state index is -3.01. The lowest BCUT2D eigenvalue weighted by molar-refractivity contribution is -0.147. The highest BCUT2D eigenvalue weighted by Gasteiger charge is 2.48. The normalized spacial score (nSPS) is 21.1. The van der Waals surface area contributed by atoms with E-state index in [0.717, 1.165) is 42.7 Å². The molecule has 3 heterocycles. The van der Waals surface area contributed by atoms with Crippen molar-refractivity contribution in [3.05, 3.63) is 63.6 Å². The molecule has 1 aromatic carbocycles. The number of hydrogen-bond acceptors (Lipinski definition) is 6. The Bertz CT molecular complexity index is 1440. The summed E-state index contributed by atoms with van der Waals surface area (Å²) in [7, 11) is 2.06. The minimum Gasteiger partial charge on any atom is -0.446 e. The van der Waals surface area contributed by atoms with Crippen LogP contribution in [0.25, 0.3) is 5.57 Å². The number of carbonyl (C=O) groups excluding carboxylic acids is 2. The van der Waals surface area contributed by atoms with E-state index in [1.807, 2.05) is 12.1 Å². The van der Waals surface area contributed by atoms with Crippen molar-refractivity contribution in [1.82, 2.24) is 14.8 Å². The highest BCUT2D eigenvalue weighted by Crippen LogP contribution is 2.40. The van der Waals surface area contributed by atoms with Gasteiger partial charge in [0.1, 0.15) is 6.10 Å². The van der Waals surface area contributed by atoms with Crippen LogP contribution in [0.4, 0.5) is 33.7 Å². The first-order valence-corrected chi connectivity index (χ1v) is 13.8. The molecule has 1 saturated heterocycles. The van der Waals surface area contributed by atoms with E-state index < -0.39 is 54.4 Å². The number of carbonyl (C=O) groups is 2. The molecular formula is C29H33F4N5O4. The monoisotopic (exact) mass is 591 g/mol. The molecule has 2 N–H and O–H groups in total. The maximum absolute atomic E-state index is 13.5. The number of rotatable bonds is 6. The maximum atomic E-state index is 13.5. The van der Waals surface area contributed by atoms with Crippen LogP contribution >= 0.6 is 0 Å². The molecule has 2 aliphatic heterocycles. The predicted molar refractivity (Wildman–Crippen MR) is 149 cm³/mol. The summed E-state index contributed by atoms with van der Waals surface area (Å²) in [6.07, 6.45) is -2.03. The van der Waals surface area contributed by atoms with Crippen LogP contribution in [-0.4, -0.2) is 84.6 Å². The molecule has 1 aromatic heterocycles. The molecule has 13 heteroatoms. The molecule has 0 bridgehead atoms. The molecular weight excluding hydrogens is 558 g/mol. The van der Waals surface area contributed by atoms with Gasteiger partial charge in [-0.3, -0.25) is 9.59 Å². The summed E-state index contributed by atoms with van der Waals surface area (Å²) in [5.41, 5.74) is 1.33. The summed E-state index contributed by atoms with van der Waals surface area (Å²) in [6, 6.07) is 6.36. The van der Waals surface area contributed by atoms with Gasteiger partial charge in [0.05, 0.1) is 5.56 Å². The Morgan fingerprint density at radius 2 is 1.90 bits per heavy atom. The number of nitrogens with zero attached hydrogens (tertiary/aromatic N) is 3. The number of hydrogen-bond donors (Lipinski definition) is 2. The molecule has 0 radical (unpaired) electrons. The van der Waals surface area contributed by atoms with Crippen molar-refractivity contribution in [2.75, 3.05) is 50.0 Å². The van der Waals surface area contributed by atoms with Crippen LogP contribution in [0.5, 0.6) is 0 Å². The Morgan fingerprint density at radius 1 is 1.14 bits per heavy atom. The maximum Gasteiger partial charge on any atom is 0.410 e. The first kappa shape index (κ1) is 29.6. The standard InChI is InChI=1S/C29H33F4N5O4/c1-17-16-38(10-9-36(17)2)24-4-3-19(35-27(40)23-15-34-25(39)12-22(23)26(30)31)11-21(24)18-5-7-37(8-6-18)28(41)42-20-13-29(32,33)14-20/h3-5,11-12,15,17,20,26H,6-10,13-14,16H2,1-2H3,(H,34,39)(H,35,40)/t17-/m1/s1. The number of H-pyrrole nitrogens is 1. The zero-order chi connectivity index (χ0) is 30.2. The molecule has 1 atom stereocenters. The predicted octanol–water partition coefficient (Wildman–Crippen LogP) is 4.73. The van der Waals surface area contributed by atoms with Gasteiger partial charge in [-0.25, -0.2) is 22.4 Å². The van der Waals surface area contributed by atoms with Gasteiger partial charge < -0.3 is 29.7 Å². The average molecular weight is 592 g/mol. The van der Waals surface area contributed by atoms with Crippen molar-refractivity contribution < 1.29 is 31.9 Å². The van der Waals surface area contributed by atoms with Crippen LogP contribution in [0.2, 0.25) is 0 Å². The van der Waals surface area contributed by atoms with Crippen molar-refractivity contribution in [3.63, 3.8) is 0 Å². The SMILES string of the molecule is C[C@@H]1CN(c2ccc(NC(=O)c3c[nH]c(=O)cc3C(F)F)cc2C2=CCN(C(=O)OC3CC(F)(F)C3)CC2)CCN1C. The van der Waals surface area contributed by atoms with Gasteiger partial charge in [0, 0.05) is 86.4 Å². The van der Waals surface area contributed by atoms with Gasteiger partial charge in [-0.15, -0.1) is 0 Å². The molecule has 9 nitrogen and oxygen atoms in total. The van der Waals surface area contributed by atoms with Crippen LogP contribution in [-0.2, 0) is 4.74 Å². The number of ether oxygens (including phenoxy) is 1. The second kappa shape index (κ2) is 11.8. The Labute approximate surface area is 240 Å². The van der Waals surface area contributed by atoms with Crippen molar-refractivity contribution in [1.29, 1.82) is 0 Å². The number of alkyl halides is 4. The molecule has 5 rings (SSSR count). The number of piperazine rings is 1. The van der Waals surface area contributed by atoms with E-state index >= 15 is 0 Å². The summed E-state index contributed by atoms with van der Waals surface area (Å²) in [4.78, 5) is 45.3. The lowest BCUT2D eigenvalue weighted by atomic mass is 9.91. The van der Waals surface area contributed by atoms with E-state index in [2.05, 4.69) is 34.1 Å². The van der Waals surface area contributed by atoms with Crippen LogP contribution in [0, 0.1) is 0 Å². The fourth-order valence-electron chi connectivity index (χ4n) is 5.46. The zero-order valence-electron chi connectivity index (χ0n) is 23.3. The Hall–Kier alpha value is -3.87. The fraction of sp³-hybridized carbons (Fsp3) is 0.483. The molecule has 0 spiro atoms. The molecule has 2 amide bonds. The summed E-state index contributed by atoms with van der Waals surface area (Å²) in [5, 5.41) is 2.67. The molecule has 1 saturated carbocycles. The summed E-state index contributed by atoms with van der Waals surface area (Å²) in [6.45, 7) is 5.06. The first-order valence-electron chi connectivity index (χ1n) is 13.8. The molecule has 42 heavy (non-hydrogen) atoms. The minimum absolute atomic E-state index is 0.224. The highest BCUT2D eigenvalue weighted by molar-refractivity contribution is 6.05. The van der Waals surface area contributed by atoms with E-state index in [0.29, 0.717) is 30.8 Å². The van der Waals surface area contributed by atoms with Crippen LogP contribution < -0.4 is 15.8 Å². The molecule has 3 aliphatic rings. The first-order chi connectivity index (χ1) is 19.9. The smallest absolute Gasteiger partial charge is 0.410 e. The summed E-state index contributed by atoms with van der Waals surface area (Å²) < 4.78 is 58.6. The van der Waals surface area contributed by atoms with Gasteiger partial charge in [0.2, 0.25) is 5.56 Å². The number of nitrogens with one attached hydrogen (secondary N) is 2. The fourth-order valence-corrected chi connectivity index (χ4v) is 5.46. The molecule has 2 fully saturated rings. The number of likely N-dealkylation sites (N-methyl/N-ethyl adjacent to an activating group) is 1. The van der Waals surface area contributed by atoms with E-state index in [4.69, 9.17) is 4.74 Å². The summed E-state index contributed by atoms with van der Waals surface area (Å²) >= 11 is 0. The topological polar surface area (TPSA) is 98.0 Å². The number of amides is 2. The molecule has 226 valence electrons. The van der Waals surface area contributed by atoms with Gasteiger partial charge in [0.25, 0.3) is 18.3 Å². The number of benzene rings is 1. The lowest BCUT2D eigenvalue weighted by Gasteiger charge is -2.40. The van der Waals surface area contributed by atoms with Crippen molar-refractivity contribution >= 4 is 28.9 Å². The number of aromatic amines is 1. The van der Waals surface area contributed by atoms with Gasteiger partial charge >= 0.3 is 6.09 Å². The van der Waals surface area contributed by atoms with Gasteiger partial charge in [0.15, 0.2) is 0 Å². The zero-order valence-corrected chi connectivity index (χ0v) is 23.3. The number of pyridine rings is 1. The van der Waals surface area contributed by atoms with E-state index in [9.17, 15) is 31.9 Å². The third-order valence-electron chi connectivity index (χ3n) is 8.12. The summed E-state index contributed by atoms with van der Waals surface area (Å²) in [5.74, 6) is -3.57.